The Hall–Kier alpha value is -2.32. The topological polar surface area (TPSA) is 79.5 Å². The summed E-state index contributed by atoms with van der Waals surface area (Å²) < 4.78 is 10.3. The highest BCUT2D eigenvalue weighted by Gasteiger charge is 2.25. The zero-order valence-corrected chi connectivity index (χ0v) is 10.5. The first-order valence-electron chi connectivity index (χ1n) is 5.79. The molecule has 5 nitrogen and oxygen atoms in total. The van der Waals surface area contributed by atoms with Gasteiger partial charge < -0.3 is 14.6 Å². The van der Waals surface area contributed by atoms with Gasteiger partial charge in [0.25, 0.3) is 0 Å². The number of hydrogen-bond donors (Lipinski definition) is 1. The lowest BCUT2D eigenvalue weighted by atomic mass is 9.90. The molecule has 0 spiro atoms. The molecule has 0 aliphatic heterocycles. The number of allylic oxidation sites excluding steroid dienone is 1. The number of carbonyl (C=O) groups excluding carboxylic acids is 1. The van der Waals surface area contributed by atoms with E-state index in [0.29, 0.717) is 30.1 Å². The minimum atomic E-state index is -0.361. The van der Waals surface area contributed by atoms with E-state index in [1.54, 1.807) is 31.4 Å². The number of rotatable bonds is 4. The number of Topliss-reactive ketones (excluding diaryl/α,β-unsaturated/α-hetero) is 1. The molecule has 19 heavy (non-hydrogen) atoms. The van der Waals surface area contributed by atoms with Crippen molar-refractivity contribution >= 4 is 11.5 Å². The van der Waals surface area contributed by atoms with E-state index in [9.17, 15) is 9.90 Å². The van der Waals surface area contributed by atoms with Crippen LogP contribution in [0.15, 0.2) is 23.8 Å². The molecular weight excluding hydrogens is 246 g/mol. The van der Waals surface area contributed by atoms with Crippen molar-refractivity contribution in [2.75, 3.05) is 20.3 Å². The Morgan fingerprint density at radius 3 is 2.89 bits per heavy atom. The molecule has 1 aliphatic carbocycles. The molecule has 0 bridgehead atoms. The van der Waals surface area contributed by atoms with E-state index in [-0.39, 0.29) is 23.5 Å². The normalized spacial score (nSPS) is 14.0. The number of fused-ring (bicyclic) bond motifs is 1. The highest BCUT2D eigenvalue weighted by Crippen LogP contribution is 2.30. The standard InChI is InChI=1S/C14H13NO4/c1-18-4-5-19-10-3-2-9-6-13(16)12(8-15)14(17)11(9)7-10/h2-3,7,17H,4-6H2,1H3. The predicted octanol–water partition coefficient (Wildman–Crippen LogP) is 1.63. The van der Waals surface area contributed by atoms with E-state index >= 15 is 0 Å². The van der Waals surface area contributed by atoms with Crippen molar-refractivity contribution in [3.05, 3.63) is 34.9 Å². The first-order valence-corrected chi connectivity index (χ1v) is 5.79. The Balaban J connectivity index is 2.32. The Labute approximate surface area is 110 Å². The SMILES string of the molecule is COCCOc1ccc2c(c1)C(O)=C(C#N)C(=O)C2. The van der Waals surface area contributed by atoms with Gasteiger partial charge in [0.2, 0.25) is 0 Å². The third-order valence-corrected chi connectivity index (χ3v) is 2.87. The number of nitriles is 1. The zero-order chi connectivity index (χ0) is 13.8. The van der Waals surface area contributed by atoms with Crippen LogP contribution in [0.3, 0.4) is 0 Å². The second kappa shape index (κ2) is 5.55. The summed E-state index contributed by atoms with van der Waals surface area (Å²) in [7, 11) is 1.58. The molecule has 2 rings (SSSR count). The van der Waals surface area contributed by atoms with E-state index in [4.69, 9.17) is 14.7 Å². The van der Waals surface area contributed by atoms with E-state index < -0.39 is 0 Å². The van der Waals surface area contributed by atoms with E-state index in [2.05, 4.69) is 0 Å². The summed E-state index contributed by atoms with van der Waals surface area (Å²) in [5.41, 5.74) is 0.980. The van der Waals surface area contributed by atoms with Crippen molar-refractivity contribution in [2.24, 2.45) is 0 Å². The van der Waals surface area contributed by atoms with Gasteiger partial charge in [-0.15, -0.1) is 0 Å². The van der Waals surface area contributed by atoms with E-state index in [1.165, 1.54) is 0 Å². The second-order valence-corrected chi connectivity index (χ2v) is 4.10. The van der Waals surface area contributed by atoms with Crippen molar-refractivity contribution in [3.63, 3.8) is 0 Å². The molecular formula is C14H13NO4. The number of nitrogens with zero attached hydrogens (tertiary/aromatic N) is 1. The predicted molar refractivity (Wildman–Crippen MR) is 67.7 cm³/mol. The van der Waals surface area contributed by atoms with Crippen molar-refractivity contribution in [3.8, 4) is 11.8 Å². The van der Waals surface area contributed by atoms with Crippen LogP contribution >= 0.6 is 0 Å². The average Bonchev–Trinajstić information content (AvgIpc) is 2.40. The van der Waals surface area contributed by atoms with Crippen LogP contribution in [0.5, 0.6) is 5.75 Å². The van der Waals surface area contributed by atoms with Crippen LogP contribution in [-0.2, 0) is 16.0 Å². The minimum Gasteiger partial charge on any atom is -0.506 e. The summed E-state index contributed by atoms with van der Waals surface area (Å²) >= 11 is 0. The lowest BCUT2D eigenvalue weighted by Gasteiger charge is -2.16. The largest absolute Gasteiger partial charge is 0.506 e. The molecule has 1 N–H and O–H groups in total. The molecule has 1 aromatic rings. The van der Waals surface area contributed by atoms with Gasteiger partial charge in [0.15, 0.2) is 5.78 Å². The number of ether oxygens (including phenoxy) is 2. The molecule has 1 aliphatic rings. The lowest BCUT2D eigenvalue weighted by molar-refractivity contribution is -0.114. The van der Waals surface area contributed by atoms with E-state index in [0.717, 1.165) is 0 Å². The summed E-state index contributed by atoms with van der Waals surface area (Å²) in [5, 5.41) is 18.8. The van der Waals surface area contributed by atoms with Gasteiger partial charge in [0.05, 0.1) is 6.61 Å². The summed E-state index contributed by atoms with van der Waals surface area (Å²) in [6.07, 6.45) is 0.126. The lowest BCUT2D eigenvalue weighted by Crippen LogP contribution is -2.15. The summed E-state index contributed by atoms with van der Waals surface area (Å²) in [4.78, 5) is 11.6. The fourth-order valence-corrected chi connectivity index (χ4v) is 1.91. The molecule has 0 heterocycles. The maximum absolute atomic E-state index is 11.6. The first kappa shape index (κ1) is 13.1. The van der Waals surface area contributed by atoms with Crippen LogP contribution in [0, 0.1) is 11.3 Å². The molecule has 0 radical (unpaired) electrons. The molecule has 1 aromatic carbocycles. The Morgan fingerprint density at radius 2 is 2.21 bits per heavy atom. The van der Waals surface area contributed by atoms with E-state index in [1.807, 2.05) is 0 Å². The summed E-state index contributed by atoms with van der Waals surface area (Å²) in [5.74, 6) is -0.0690. The molecule has 0 atom stereocenters. The number of carbonyl (C=O) groups is 1. The third kappa shape index (κ3) is 2.59. The molecule has 5 heteroatoms. The molecule has 98 valence electrons. The highest BCUT2D eigenvalue weighted by atomic mass is 16.5. The Kier molecular flexibility index (Phi) is 3.83. The Bertz CT molecular complexity index is 584. The van der Waals surface area contributed by atoms with Crippen LogP contribution in [0.2, 0.25) is 0 Å². The van der Waals surface area contributed by atoms with Crippen molar-refractivity contribution < 1.29 is 19.4 Å². The number of methoxy groups -OCH3 is 1. The van der Waals surface area contributed by atoms with Crippen molar-refractivity contribution in [2.45, 2.75) is 6.42 Å². The van der Waals surface area contributed by atoms with Gasteiger partial charge in [-0.3, -0.25) is 4.79 Å². The number of ketones is 1. The number of hydrogen-bond acceptors (Lipinski definition) is 5. The molecule has 0 aromatic heterocycles. The number of benzene rings is 1. The van der Waals surface area contributed by atoms with Crippen molar-refractivity contribution in [1.29, 1.82) is 5.26 Å². The third-order valence-electron chi connectivity index (χ3n) is 2.87. The van der Waals surface area contributed by atoms with Gasteiger partial charge >= 0.3 is 0 Å². The van der Waals surface area contributed by atoms with Gasteiger partial charge in [0.1, 0.15) is 29.8 Å². The summed E-state index contributed by atoms with van der Waals surface area (Å²) in [6.45, 7) is 0.852. The van der Waals surface area contributed by atoms with Crippen LogP contribution < -0.4 is 4.74 Å². The zero-order valence-electron chi connectivity index (χ0n) is 10.5. The van der Waals surface area contributed by atoms with Gasteiger partial charge in [-0.05, 0) is 17.7 Å². The van der Waals surface area contributed by atoms with Gasteiger partial charge in [-0.25, -0.2) is 0 Å². The van der Waals surface area contributed by atoms with Crippen LogP contribution in [0.1, 0.15) is 11.1 Å². The average molecular weight is 259 g/mol. The smallest absolute Gasteiger partial charge is 0.181 e. The fourth-order valence-electron chi connectivity index (χ4n) is 1.91. The number of aliphatic hydroxyl groups excluding tert-OH is 1. The van der Waals surface area contributed by atoms with Crippen LogP contribution in [0.4, 0.5) is 0 Å². The number of aliphatic hydroxyl groups is 1. The highest BCUT2D eigenvalue weighted by molar-refractivity contribution is 6.08. The molecule has 0 fully saturated rings. The fraction of sp³-hybridized carbons (Fsp3) is 0.286. The second-order valence-electron chi connectivity index (χ2n) is 4.10. The van der Waals surface area contributed by atoms with Crippen LogP contribution in [0.25, 0.3) is 5.76 Å². The molecule has 0 amide bonds. The Morgan fingerprint density at radius 1 is 1.42 bits per heavy atom. The van der Waals surface area contributed by atoms with Crippen molar-refractivity contribution in [1.82, 2.24) is 0 Å². The van der Waals surface area contributed by atoms with Gasteiger partial charge in [-0.1, -0.05) is 6.07 Å². The molecule has 0 saturated heterocycles. The quantitative estimate of drug-likeness (QED) is 0.831. The molecule has 0 unspecified atom stereocenters. The van der Waals surface area contributed by atoms with Gasteiger partial charge in [0, 0.05) is 19.1 Å². The first-order chi connectivity index (χ1) is 9.17. The molecule has 0 saturated carbocycles. The minimum absolute atomic E-state index is 0.126. The monoisotopic (exact) mass is 259 g/mol. The van der Waals surface area contributed by atoms with Gasteiger partial charge in [-0.2, -0.15) is 5.26 Å². The van der Waals surface area contributed by atoms with Crippen LogP contribution in [-0.4, -0.2) is 31.2 Å². The summed E-state index contributed by atoms with van der Waals surface area (Å²) in [6, 6.07) is 6.82. The maximum Gasteiger partial charge on any atom is 0.181 e. The maximum atomic E-state index is 11.6.